The van der Waals surface area contributed by atoms with Crippen LogP contribution in [0, 0.1) is 17.8 Å². The van der Waals surface area contributed by atoms with Crippen molar-refractivity contribution in [1.29, 1.82) is 0 Å². The van der Waals surface area contributed by atoms with Crippen LogP contribution >= 0.6 is 0 Å². The van der Waals surface area contributed by atoms with Crippen LogP contribution in [0.5, 0.6) is 0 Å². The van der Waals surface area contributed by atoms with Crippen LogP contribution in [0.3, 0.4) is 0 Å². The van der Waals surface area contributed by atoms with Gasteiger partial charge in [0.05, 0.1) is 24.7 Å². The van der Waals surface area contributed by atoms with Crippen molar-refractivity contribution in [2.45, 2.75) is 71.6 Å². The first-order valence-corrected chi connectivity index (χ1v) is 9.97. The molecule has 0 aromatic heterocycles. The second-order valence-electron chi connectivity index (χ2n) is 7.72. The Morgan fingerprint density at radius 3 is 2.04 bits per heavy atom. The average molecular weight is 392 g/mol. The van der Waals surface area contributed by atoms with E-state index in [1.165, 1.54) is 0 Å². The van der Waals surface area contributed by atoms with E-state index in [1.807, 2.05) is 13.0 Å². The van der Waals surface area contributed by atoms with Gasteiger partial charge in [-0.3, -0.25) is 19.2 Å². The summed E-state index contributed by atoms with van der Waals surface area (Å²) in [6.07, 6.45) is 7.77. The number of cyclic esters (lactones) is 4. The Labute approximate surface area is 164 Å². The zero-order valence-corrected chi connectivity index (χ0v) is 16.5. The first kappa shape index (κ1) is 22.0. The number of rotatable bonds is 11. The van der Waals surface area contributed by atoms with E-state index in [-0.39, 0.29) is 24.5 Å². The summed E-state index contributed by atoms with van der Waals surface area (Å²) < 4.78 is 9.30. The number of unbranched alkanes of at least 4 members (excludes halogenated alkanes) is 4. The van der Waals surface area contributed by atoms with Gasteiger partial charge >= 0.3 is 23.9 Å². The highest BCUT2D eigenvalue weighted by atomic mass is 16.6. The van der Waals surface area contributed by atoms with Gasteiger partial charge in [-0.25, -0.2) is 0 Å². The third-order valence-corrected chi connectivity index (χ3v) is 5.33. The van der Waals surface area contributed by atoms with Crippen LogP contribution < -0.4 is 0 Å². The molecule has 0 N–H and O–H groups in total. The number of carbonyl (C=O) groups excluding carboxylic acids is 5. The Hall–Kier alpha value is -2.31. The third-order valence-electron chi connectivity index (χ3n) is 5.33. The zero-order chi connectivity index (χ0) is 20.7. The van der Waals surface area contributed by atoms with Gasteiger partial charge in [0.15, 0.2) is 0 Å². The molecular weight excluding hydrogens is 364 g/mol. The van der Waals surface area contributed by atoms with Gasteiger partial charge in [0.25, 0.3) is 0 Å². The number of carbonyl (C=O) groups is 5. The fourth-order valence-corrected chi connectivity index (χ4v) is 3.71. The minimum Gasteiger partial charge on any atom is -0.393 e. The lowest BCUT2D eigenvalue weighted by Crippen LogP contribution is -2.18. The van der Waals surface area contributed by atoms with Crippen molar-refractivity contribution in [2.24, 2.45) is 17.8 Å². The molecule has 2 saturated heterocycles. The fourth-order valence-electron chi connectivity index (χ4n) is 3.71. The van der Waals surface area contributed by atoms with Crippen LogP contribution in [0.2, 0.25) is 0 Å². The Morgan fingerprint density at radius 2 is 1.50 bits per heavy atom. The molecule has 3 unspecified atom stereocenters. The predicted octanol–water partition coefficient (Wildman–Crippen LogP) is 3.05. The Bertz CT molecular complexity index is 676. The smallest absolute Gasteiger partial charge is 0.321 e. The number of hydrogen-bond donors (Lipinski definition) is 0. The predicted molar refractivity (Wildman–Crippen MR) is 98.7 cm³/mol. The van der Waals surface area contributed by atoms with E-state index in [2.05, 4.69) is 9.47 Å². The van der Waals surface area contributed by atoms with Crippen LogP contribution in [0.1, 0.15) is 71.6 Å². The molecule has 3 atom stereocenters. The average Bonchev–Trinajstić information content (AvgIpc) is 3.12. The van der Waals surface area contributed by atoms with Crippen molar-refractivity contribution < 1.29 is 33.4 Å². The van der Waals surface area contributed by atoms with E-state index in [1.54, 1.807) is 6.92 Å². The molecule has 0 amide bonds. The standard InChI is InChI=1S/C21H28O7/c1-13(16-11-18(23)27-20(16)25)10-15(17-12-19(24)28-21(17)26)9-7-5-3-4-6-8-14(2)22/h10,13,16-17H,3-9,11-12H2,1-2H3/b15-10+. The molecule has 28 heavy (non-hydrogen) atoms. The summed E-state index contributed by atoms with van der Waals surface area (Å²) >= 11 is 0. The van der Waals surface area contributed by atoms with Crippen LogP contribution in [0.15, 0.2) is 11.6 Å². The van der Waals surface area contributed by atoms with Crippen LogP contribution in [0.25, 0.3) is 0 Å². The van der Waals surface area contributed by atoms with Crippen LogP contribution in [-0.4, -0.2) is 29.7 Å². The number of hydrogen-bond acceptors (Lipinski definition) is 7. The number of ether oxygens (including phenoxy) is 2. The molecule has 0 spiro atoms. The summed E-state index contributed by atoms with van der Waals surface area (Å²) in [5.41, 5.74) is 0.791. The van der Waals surface area contributed by atoms with E-state index in [9.17, 15) is 24.0 Å². The van der Waals surface area contributed by atoms with Gasteiger partial charge in [-0.2, -0.15) is 0 Å². The topological polar surface area (TPSA) is 104 Å². The molecule has 0 radical (unpaired) electrons. The Kier molecular flexibility index (Phi) is 8.08. The molecule has 154 valence electrons. The summed E-state index contributed by atoms with van der Waals surface area (Å²) in [4.78, 5) is 57.6. The molecule has 2 aliphatic heterocycles. The molecule has 0 aromatic carbocycles. The minimum absolute atomic E-state index is 0.0179. The lowest BCUT2D eigenvalue weighted by molar-refractivity contribution is -0.154. The number of ketones is 1. The molecule has 2 heterocycles. The fraction of sp³-hybridized carbons (Fsp3) is 0.667. The van der Waals surface area contributed by atoms with Crippen molar-refractivity contribution in [3.05, 3.63) is 11.6 Å². The quantitative estimate of drug-likeness (QED) is 0.230. The highest BCUT2D eigenvalue weighted by Crippen LogP contribution is 2.32. The molecule has 0 bridgehead atoms. The second kappa shape index (κ2) is 10.3. The maximum atomic E-state index is 12.0. The molecule has 2 aliphatic rings. The van der Waals surface area contributed by atoms with Gasteiger partial charge in [-0.1, -0.05) is 37.8 Å². The SMILES string of the molecule is CC(=O)CCCCCCC/C(=C\C(C)C1CC(=O)OC1=O)C1CC(=O)OC1=O. The lowest BCUT2D eigenvalue weighted by Gasteiger charge is -2.17. The zero-order valence-electron chi connectivity index (χ0n) is 16.5. The molecule has 0 saturated carbocycles. The monoisotopic (exact) mass is 392 g/mol. The highest BCUT2D eigenvalue weighted by molar-refractivity contribution is 5.96. The Balaban J connectivity index is 1.94. The summed E-state index contributed by atoms with van der Waals surface area (Å²) in [5, 5.41) is 0. The Morgan fingerprint density at radius 1 is 0.929 bits per heavy atom. The molecular formula is C21H28O7. The van der Waals surface area contributed by atoms with Crippen molar-refractivity contribution in [3.63, 3.8) is 0 Å². The van der Waals surface area contributed by atoms with Gasteiger partial charge in [-0.15, -0.1) is 0 Å². The van der Waals surface area contributed by atoms with E-state index < -0.39 is 35.7 Å². The molecule has 2 rings (SSSR count). The van der Waals surface area contributed by atoms with E-state index in [0.717, 1.165) is 37.7 Å². The first-order chi connectivity index (χ1) is 13.3. The van der Waals surface area contributed by atoms with Crippen molar-refractivity contribution in [3.8, 4) is 0 Å². The highest BCUT2D eigenvalue weighted by Gasteiger charge is 2.39. The number of esters is 4. The van der Waals surface area contributed by atoms with Gasteiger partial charge in [0.1, 0.15) is 5.78 Å². The number of Topliss-reactive ketones (excluding diaryl/α,β-unsaturated/α-hetero) is 1. The maximum absolute atomic E-state index is 12.0. The van der Waals surface area contributed by atoms with Gasteiger partial charge in [0.2, 0.25) is 0 Å². The third kappa shape index (κ3) is 6.39. The summed E-state index contributed by atoms with van der Waals surface area (Å²) in [7, 11) is 0. The van der Waals surface area contributed by atoms with Gasteiger partial charge < -0.3 is 14.3 Å². The molecule has 0 aromatic rings. The van der Waals surface area contributed by atoms with E-state index in [0.29, 0.717) is 12.8 Å². The van der Waals surface area contributed by atoms with Gasteiger partial charge in [-0.05, 0) is 32.1 Å². The van der Waals surface area contributed by atoms with Crippen molar-refractivity contribution in [2.75, 3.05) is 0 Å². The van der Waals surface area contributed by atoms with Crippen molar-refractivity contribution in [1.82, 2.24) is 0 Å². The molecule has 7 heteroatoms. The second-order valence-corrected chi connectivity index (χ2v) is 7.72. The minimum atomic E-state index is -0.610. The molecule has 0 aliphatic carbocycles. The lowest BCUT2D eigenvalue weighted by atomic mass is 9.85. The van der Waals surface area contributed by atoms with Gasteiger partial charge in [0, 0.05) is 6.42 Å². The van der Waals surface area contributed by atoms with Crippen LogP contribution in [-0.2, 0) is 33.4 Å². The van der Waals surface area contributed by atoms with E-state index >= 15 is 0 Å². The first-order valence-electron chi connectivity index (χ1n) is 9.97. The largest absolute Gasteiger partial charge is 0.393 e. The molecule has 7 nitrogen and oxygen atoms in total. The summed E-state index contributed by atoms with van der Waals surface area (Å²) in [5.74, 6) is -3.38. The maximum Gasteiger partial charge on any atom is 0.321 e. The molecule has 2 fully saturated rings. The van der Waals surface area contributed by atoms with Crippen LogP contribution in [0.4, 0.5) is 0 Å². The normalized spacial score (nSPS) is 23.7. The number of allylic oxidation sites excluding steroid dienone is 1. The van der Waals surface area contributed by atoms with E-state index in [4.69, 9.17) is 0 Å². The summed E-state index contributed by atoms with van der Waals surface area (Å²) in [6.45, 7) is 3.41. The van der Waals surface area contributed by atoms with Crippen molar-refractivity contribution >= 4 is 29.7 Å². The summed E-state index contributed by atoms with van der Waals surface area (Å²) in [6, 6.07) is 0.